The van der Waals surface area contributed by atoms with Crippen LogP contribution in [0.3, 0.4) is 0 Å². The van der Waals surface area contributed by atoms with Crippen LogP contribution in [0.25, 0.3) is 10.9 Å². The van der Waals surface area contributed by atoms with Gasteiger partial charge < -0.3 is 10.1 Å². The number of nitrogens with zero attached hydrogens (tertiary/aromatic N) is 1. The van der Waals surface area contributed by atoms with Crippen molar-refractivity contribution in [2.24, 2.45) is 5.92 Å². The second kappa shape index (κ2) is 6.44. The second-order valence-electron chi connectivity index (χ2n) is 5.76. The number of pyridine rings is 1. The van der Waals surface area contributed by atoms with Crippen LogP contribution in [-0.4, -0.2) is 23.2 Å². The summed E-state index contributed by atoms with van der Waals surface area (Å²) in [4.78, 5) is 27.5. The zero-order valence-electron chi connectivity index (χ0n) is 12.1. The fraction of sp³-hybridized carbons (Fsp3) is 0.353. The van der Waals surface area contributed by atoms with E-state index in [0.717, 1.165) is 37.4 Å². The Balaban J connectivity index is 1.76. The predicted molar refractivity (Wildman–Crippen MR) is 86.0 cm³/mol. The van der Waals surface area contributed by atoms with Gasteiger partial charge in [0.1, 0.15) is 6.29 Å². The van der Waals surface area contributed by atoms with Gasteiger partial charge >= 0.3 is 0 Å². The van der Waals surface area contributed by atoms with Crippen molar-refractivity contribution < 1.29 is 9.59 Å². The molecular formula is C17H17ClN2O2. The fourth-order valence-electron chi connectivity index (χ4n) is 3.01. The Bertz CT molecular complexity index is 717. The smallest absolute Gasteiger partial charge is 0.251 e. The lowest BCUT2D eigenvalue weighted by Gasteiger charge is -2.26. The predicted octanol–water partition coefficient (Wildman–Crippen LogP) is 3.38. The van der Waals surface area contributed by atoms with Gasteiger partial charge in [-0.1, -0.05) is 24.1 Å². The first kappa shape index (κ1) is 15.0. The molecule has 0 saturated heterocycles. The standard InChI is InChI=1S/C17H17ClN2O2/c18-15-6-7-19-16-9-12(4-5-14(15)16)17(22)20-13-3-1-2-11(8-13)10-21/h4-7,9-11,13H,1-3,8H2,(H,20,22). The first-order valence-electron chi connectivity index (χ1n) is 7.48. The molecule has 0 bridgehead atoms. The summed E-state index contributed by atoms with van der Waals surface area (Å²) < 4.78 is 0. The minimum absolute atomic E-state index is 0.0659. The Morgan fingerprint density at radius 1 is 1.32 bits per heavy atom. The van der Waals surface area contributed by atoms with Gasteiger partial charge in [-0.15, -0.1) is 0 Å². The summed E-state index contributed by atoms with van der Waals surface area (Å²) in [5.41, 5.74) is 1.27. The maximum Gasteiger partial charge on any atom is 0.251 e. The van der Waals surface area contributed by atoms with E-state index in [-0.39, 0.29) is 17.9 Å². The van der Waals surface area contributed by atoms with Gasteiger partial charge in [-0.2, -0.15) is 0 Å². The number of nitrogens with one attached hydrogen (secondary N) is 1. The van der Waals surface area contributed by atoms with Crippen LogP contribution in [0.1, 0.15) is 36.0 Å². The van der Waals surface area contributed by atoms with E-state index in [2.05, 4.69) is 10.3 Å². The summed E-state index contributed by atoms with van der Waals surface area (Å²) in [5.74, 6) is -0.0589. The summed E-state index contributed by atoms with van der Waals surface area (Å²) >= 11 is 6.10. The Labute approximate surface area is 133 Å². The lowest BCUT2D eigenvalue weighted by molar-refractivity contribution is -0.112. The maximum atomic E-state index is 12.4. The third-order valence-electron chi connectivity index (χ3n) is 4.19. The molecule has 4 nitrogen and oxygen atoms in total. The lowest BCUT2D eigenvalue weighted by Crippen LogP contribution is -2.38. The summed E-state index contributed by atoms with van der Waals surface area (Å²) in [7, 11) is 0. The largest absolute Gasteiger partial charge is 0.349 e. The number of hydrogen-bond donors (Lipinski definition) is 1. The van der Waals surface area contributed by atoms with Crippen LogP contribution in [0.15, 0.2) is 30.5 Å². The average Bonchev–Trinajstić information content (AvgIpc) is 2.55. The number of amides is 1. The normalized spacial score (nSPS) is 21.5. The molecule has 1 N–H and O–H groups in total. The third-order valence-corrected chi connectivity index (χ3v) is 4.52. The molecule has 22 heavy (non-hydrogen) atoms. The van der Waals surface area contributed by atoms with Crippen LogP contribution in [0, 0.1) is 5.92 Å². The topological polar surface area (TPSA) is 59.1 Å². The van der Waals surface area contributed by atoms with Crippen molar-refractivity contribution in [3.8, 4) is 0 Å². The molecule has 2 aromatic rings. The number of carbonyl (C=O) groups is 2. The van der Waals surface area contributed by atoms with Crippen LogP contribution in [0.2, 0.25) is 5.02 Å². The van der Waals surface area contributed by atoms with E-state index in [9.17, 15) is 9.59 Å². The Kier molecular flexibility index (Phi) is 4.39. The number of rotatable bonds is 3. The highest BCUT2D eigenvalue weighted by molar-refractivity contribution is 6.35. The summed E-state index contributed by atoms with van der Waals surface area (Å²) in [6.45, 7) is 0. The van der Waals surface area contributed by atoms with Gasteiger partial charge in [0.15, 0.2) is 0 Å². The molecule has 2 unspecified atom stereocenters. The van der Waals surface area contributed by atoms with E-state index in [4.69, 9.17) is 11.6 Å². The highest BCUT2D eigenvalue weighted by Gasteiger charge is 2.23. The molecule has 0 spiro atoms. The fourth-order valence-corrected chi connectivity index (χ4v) is 3.22. The van der Waals surface area contributed by atoms with Crippen molar-refractivity contribution in [2.45, 2.75) is 31.7 Å². The Morgan fingerprint density at radius 2 is 2.18 bits per heavy atom. The zero-order valence-corrected chi connectivity index (χ0v) is 12.8. The maximum absolute atomic E-state index is 12.4. The van der Waals surface area contributed by atoms with E-state index < -0.39 is 0 Å². The van der Waals surface area contributed by atoms with Crippen LogP contribution >= 0.6 is 11.6 Å². The van der Waals surface area contributed by atoms with E-state index >= 15 is 0 Å². The van der Waals surface area contributed by atoms with Crippen LogP contribution in [-0.2, 0) is 4.79 Å². The molecule has 1 amide bonds. The monoisotopic (exact) mass is 316 g/mol. The van der Waals surface area contributed by atoms with Crippen molar-refractivity contribution in [3.63, 3.8) is 0 Å². The molecule has 1 fully saturated rings. The molecule has 0 aliphatic heterocycles. The molecule has 1 aromatic heterocycles. The number of aromatic nitrogens is 1. The molecule has 1 aromatic carbocycles. The first-order chi connectivity index (χ1) is 10.7. The minimum Gasteiger partial charge on any atom is -0.349 e. The quantitative estimate of drug-likeness (QED) is 0.883. The molecular weight excluding hydrogens is 300 g/mol. The van der Waals surface area contributed by atoms with Gasteiger partial charge in [0.2, 0.25) is 0 Å². The van der Waals surface area contributed by atoms with Crippen LogP contribution < -0.4 is 5.32 Å². The van der Waals surface area contributed by atoms with Gasteiger partial charge in [0.05, 0.1) is 10.5 Å². The molecule has 2 atom stereocenters. The first-order valence-corrected chi connectivity index (χ1v) is 7.85. The number of fused-ring (bicyclic) bond motifs is 1. The summed E-state index contributed by atoms with van der Waals surface area (Å²) in [5, 5.41) is 4.48. The van der Waals surface area contributed by atoms with Crippen LogP contribution in [0.5, 0.6) is 0 Å². The number of aldehydes is 1. The Hall–Kier alpha value is -1.94. The number of halogens is 1. The van der Waals surface area contributed by atoms with Crippen LogP contribution in [0.4, 0.5) is 0 Å². The van der Waals surface area contributed by atoms with Crippen molar-refractivity contribution in [1.29, 1.82) is 0 Å². The van der Waals surface area contributed by atoms with Gasteiger partial charge in [-0.3, -0.25) is 9.78 Å². The molecule has 5 heteroatoms. The van der Waals surface area contributed by atoms with E-state index in [1.165, 1.54) is 0 Å². The average molecular weight is 317 g/mol. The molecule has 1 saturated carbocycles. The highest BCUT2D eigenvalue weighted by atomic mass is 35.5. The molecule has 1 aliphatic carbocycles. The summed E-state index contributed by atoms with van der Waals surface area (Å²) in [6.07, 6.45) is 6.18. The van der Waals surface area contributed by atoms with Crippen molar-refractivity contribution in [3.05, 3.63) is 41.0 Å². The molecule has 0 radical (unpaired) electrons. The van der Waals surface area contributed by atoms with E-state index in [1.54, 1.807) is 24.4 Å². The number of hydrogen-bond acceptors (Lipinski definition) is 3. The van der Waals surface area contributed by atoms with Crippen molar-refractivity contribution in [1.82, 2.24) is 10.3 Å². The van der Waals surface area contributed by atoms with Gasteiger partial charge in [-0.05, 0) is 37.5 Å². The van der Waals surface area contributed by atoms with Crippen molar-refractivity contribution in [2.75, 3.05) is 0 Å². The second-order valence-corrected chi connectivity index (χ2v) is 6.17. The minimum atomic E-state index is -0.125. The van der Waals surface area contributed by atoms with Gasteiger partial charge in [0.25, 0.3) is 5.91 Å². The van der Waals surface area contributed by atoms with Gasteiger partial charge in [0, 0.05) is 29.1 Å². The molecule has 114 valence electrons. The third kappa shape index (κ3) is 3.12. The molecule has 1 heterocycles. The number of carbonyl (C=O) groups excluding carboxylic acids is 2. The molecule has 3 rings (SSSR count). The number of benzene rings is 1. The van der Waals surface area contributed by atoms with E-state index in [1.807, 2.05) is 6.07 Å². The van der Waals surface area contributed by atoms with E-state index in [0.29, 0.717) is 16.1 Å². The molecule has 1 aliphatic rings. The lowest BCUT2D eigenvalue weighted by atomic mass is 9.86. The SMILES string of the molecule is O=CC1CCCC(NC(=O)c2ccc3c(Cl)ccnc3c2)C1. The van der Waals surface area contributed by atoms with Crippen molar-refractivity contribution >= 4 is 34.7 Å². The highest BCUT2D eigenvalue weighted by Crippen LogP contribution is 2.24. The van der Waals surface area contributed by atoms with Gasteiger partial charge in [-0.25, -0.2) is 0 Å². The summed E-state index contributed by atoms with van der Waals surface area (Å²) in [6, 6.07) is 7.11. The Morgan fingerprint density at radius 3 is 3.00 bits per heavy atom. The zero-order chi connectivity index (χ0) is 15.5.